The van der Waals surface area contributed by atoms with Gasteiger partial charge in [-0.05, 0) is 24.0 Å². The van der Waals surface area contributed by atoms with Gasteiger partial charge in [0.1, 0.15) is 0 Å². The Labute approximate surface area is 116 Å². The number of nitrogens with two attached hydrogens (primary N) is 1. The number of carbonyl (C=O) groups excluding carboxylic acids is 1. The van der Waals surface area contributed by atoms with Gasteiger partial charge < -0.3 is 16.0 Å². The van der Waals surface area contributed by atoms with Gasteiger partial charge in [-0.15, -0.1) is 0 Å². The highest BCUT2D eigenvalue weighted by Crippen LogP contribution is 2.12. The van der Waals surface area contributed by atoms with Gasteiger partial charge >= 0.3 is 0 Å². The van der Waals surface area contributed by atoms with Crippen molar-refractivity contribution in [3.8, 4) is 0 Å². The van der Waals surface area contributed by atoms with E-state index in [9.17, 15) is 4.79 Å². The molecule has 0 aliphatic rings. The van der Waals surface area contributed by atoms with E-state index in [1.165, 1.54) is 0 Å². The maximum absolute atomic E-state index is 12.1. The Morgan fingerprint density at radius 1 is 1.32 bits per heavy atom. The lowest BCUT2D eigenvalue weighted by Crippen LogP contribution is -2.44. The SMILES string of the molecule is CC(C)CC(NCc1ccccc1N)C(=O)N(C)C. The molecule has 0 heterocycles. The van der Waals surface area contributed by atoms with E-state index in [4.69, 9.17) is 5.73 Å². The zero-order chi connectivity index (χ0) is 14.4. The average Bonchev–Trinajstić information content (AvgIpc) is 2.34. The number of carbonyl (C=O) groups is 1. The van der Waals surface area contributed by atoms with Gasteiger partial charge in [0.15, 0.2) is 0 Å². The standard InChI is InChI=1S/C15H25N3O/c1-11(2)9-14(15(19)18(3)4)17-10-12-7-5-6-8-13(12)16/h5-8,11,14,17H,9-10,16H2,1-4H3. The summed E-state index contributed by atoms with van der Waals surface area (Å²) in [6, 6.07) is 7.57. The summed E-state index contributed by atoms with van der Waals surface area (Å²) in [4.78, 5) is 13.8. The second-order valence-corrected chi connectivity index (χ2v) is 5.49. The molecule has 1 amide bonds. The molecule has 0 saturated heterocycles. The number of rotatable bonds is 6. The van der Waals surface area contributed by atoms with E-state index in [0.29, 0.717) is 12.5 Å². The molecule has 19 heavy (non-hydrogen) atoms. The van der Waals surface area contributed by atoms with Crippen molar-refractivity contribution in [2.75, 3.05) is 19.8 Å². The number of nitrogens with one attached hydrogen (secondary N) is 1. The van der Waals surface area contributed by atoms with Gasteiger partial charge in [-0.25, -0.2) is 0 Å². The fourth-order valence-corrected chi connectivity index (χ4v) is 1.98. The molecule has 1 aromatic rings. The number of nitrogens with zero attached hydrogens (tertiary/aromatic N) is 1. The fourth-order valence-electron chi connectivity index (χ4n) is 1.98. The summed E-state index contributed by atoms with van der Waals surface area (Å²) in [7, 11) is 3.57. The summed E-state index contributed by atoms with van der Waals surface area (Å²) < 4.78 is 0. The summed E-state index contributed by atoms with van der Waals surface area (Å²) in [5.74, 6) is 0.581. The summed E-state index contributed by atoms with van der Waals surface area (Å²) in [5.41, 5.74) is 7.70. The Morgan fingerprint density at radius 3 is 2.47 bits per heavy atom. The van der Waals surface area contributed by atoms with Gasteiger partial charge in [-0.2, -0.15) is 0 Å². The van der Waals surface area contributed by atoms with Crippen molar-refractivity contribution in [1.29, 1.82) is 0 Å². The normalized spacial score (nSPS) is 12.5. The van der Waals surface area contributed by atoms with Gasteiger partial charge in [-0.3, -0.25) is 4.79 Å². The van der Waals surface area contributed by atoms with Gasteiger partial charge in [0.2, 0.25) is 5.91 Å². The molecule has 0 aromatic heterocycles. The second kappa shape index (κ2) is 7.14. The van der Waals surface area contributed by atoms with Gasteiger partial charge in [-0.1, -0.05) is 32.0 Å². The van der Waals surface area contributed by atoms with Crippen molar-refractivity contribution in [2.24, 2.45) is 5.92 Å². The van der Waals surface area contributed by atoms with Crippen LogP contribution in [-0.2, 0) is 11.3 Å². The fraction of sp³-hybridized carbons (Fsp3) is 0.533. The lowest BCUT2D eigenvalue weighted by Gasteiger charge is -2.23. The number of amides is 1. The van der Waals surface area contributed by atoms with Crippen molar-refractivity contribution in [1.82, 2.24) is 10.2 Å². The highest BCUT2D eigenvalue weighted by molar-refractivity contribution is 5.81. The smallest absolute Gasteiger partial charge is 0.239 e. The van der Waals surface area contributed by atoms with E-state index in [-0.39, 0.29) is 11.9 Å². The summed E-state index contributed by atoms with van der Waals surface area (Å²) in [5, 5.41) is 3.32. The van der Waals surface area contributed by atoms with Crippen molar-refractivity contribution in [2.45, 2.75) is 32.9 Å². The molecule has 1 atom stereocenters. The first kappa shape index (κ1) is 15.5. The molecule has 106 valence electrons. The van der Waals surface area contributed by atoms with Crippen LogP contribution in [0, 0.1) is 5.92 Å². The Hall–Kier alpha value is -1.55. The molecule has 4 nitrogen and oxygen atoms in total. The van der Waals surface area contributed by atoms with Crippen LogP contribution in [0.15, 0.2) is 24.3 Å². The number of likely N-dealkylation sites (N-methyl/N-ethyl adjacent to an activating group) is 1. The molecule has 0 aliphatic heterocycles. The predicted octanol–water partition coefficient (Wildman–Crippen LogP) is 1.86. The molecular formula is C15H25N3O. The summed E-state index contributed by atoms with van der Waals surface area (Å²) >= 11 is 0. The third-order valence-electron chi connectivity index (χ3n) is 3.04. The Balaban J connectivity index is 2.68. The summed E-state index contributed by atoms with van der Waals surface area (Å²) in [6.07, 6.45) is 0.823. The van der Waals surface area contributed by atoms with Crippen LogP contribution in [0.25, 0.3) is 0 Å². The minimum Gasteiger partial charge on any atom is -0.398 e. The van der Waals surface area contributed by atoms with Gasteiger partial charge in [0.25, 0.3) is 0 Å². The minimum atomic E-state index is -0.158. The molecule has 0 saturated carbocycles. The zero-order valence-corrected chi connectivity index (χ0v) is 12.3. The second-order valence-electron chi connectivity index (χ2n) is 5.49. The number of hydrogen-bond acceptors (Lipinski definition) is 3. The Morgan fingerprint density at radius 2 is 1.95 bits per heavy atom. The van der Waals surface area contributed by atoms with E-state index >= 15 is 0 Å². The molecule has 0 bridgehead atoms. The first-order chi connectivity index (χ1) is 8.91. The van der Waals surface area contributed by atoms with Gasteiger partial charge in [0.05, 0.1) is 6.04 Å². The number of benzene rings is 1. The van der Waals surface area contributed by atoms with Crippen LogP contribution in [0.5, 0.6) is 0 Å². The van der Waals surface area contributed by atoms with Gasteiger partial charge in [0, 0.05) is 26.3 Å². The zero-order valence-electron chi connectivity index (χ0n) is 12.3. The highest BCUT2D eigenvalue weighted by atomic mass is 16.2. The van der Waals surface area contributed by atoms with E-state index in [1.807, 2.05) is 24.3 Å². The molecular weight excluding hydrogens is 238 g/mol. The monoisotopic (exact) mass is 263 g/mol. The Bertz CT molecular complexity index is 416. The third kappa shape index (κ3) is 4.91. The van der Waals surface area contributed by atoms with Crippen molar-refractivity contribution < 1.29 is 4.79 Å². The van der Waals surface area contributed by atoms with E-state index in [1.54, 1.807) is 19.0 Å². The van der Waals surface area contributed by atoms with Crippen molar-refractivity contribution in [3.05, 3.63) is 29.8 Å². The maximum atomic E-state index is 12.1. The summed E-state index contributed by atoms with van der Waals surface area (Å²) in [6.45, 7) is 4.85. The van der Waals surface area contributed by atoms with Crippen LogP contribution >= 0.6 is 0 Å². The molecule has 1 aromatic carbocycles. The molecule has 1 rings (SSSR count). The number of hydrogen-bond donors (Lipinski definition) is 2. The predicted molar refractivity (Wildman–Crippen MR) is 79.6 cm³/mol. The first-order valence-corrected chi connectivity index (χ1v) is 6.69. The molecule has 0 fully saturated rings. The Kier molecular flexibility index (Phi) is 5.83. The average molecular weight is 263 g/mol. The van der Waals surface area contributed by atoms with Crippen LogP contribution in [0.2, 0.25) is 0 Å². The minimum absolute atomic E-state index is 0.114. The topological polar surface area (TPSA) is 58.4 Å². The molecule has 0 radical (unpaired) electrons. The lowest BCUT2D eigenvalue weighted by atomic mass is 10.0. The highest BCUT2D eigenvalue weighted by Gasteiger charge is 2.20. The maximum Gasteiger partial charge on any atom is 0.239 e. The third-order valence-corrected chi connectivity index (χ3v) is 3.04. The largest absolute Gasteiger partial charge is 0.398 e. The van der Waals surface area contributed by atoms with Crippen LogP contribution in [0.1, 0.15) is 25.8 Å². The number of anilines is 1. The first-order valence-electron chi connectivity index (χ1n) is 6.69. The quantitative estimate of drug-likeness (QED) is 0.770. The van der Waals surface area contributed by atoms with Crippen molar-refractivity contribution >= 4 is 11.6 Å². The number of nitrogen functional groups attached to an aromatic ring is 1. The van der Waals surface area contributed by atoms with Crippen molar-refractivity contribution in [3.63, 3.8) is 0 Å². The van der Waals surface area contributed by atoms with Crippen LogP contribution < -0.4 is 11.1 Å². The molecule has 4 heteroatoms. The number of para-hydroxylation sites is 1. The van der Waals surface area contributed by atoms with E-state index in [2.05, 4.69) is 19.2 Å². The lowest BCUT2D eigenvalue weighted by molar-refractivity contribution is -0.131. The molecule has 0 aliphatic carbocycles. The van der Waals surface area contributed by atoms with E-state index < -0.39 is 0 Å². The van der Waals surface area contributed by atoms with E-state index in [0.717, 1.165) is 17.7 Å². The van der Waals surface area contributed by atoms with Crippen LogP contribution in [0.4, 0.5) is 5.69 Å². The van der Waals surface area contributed by atoms with Crippen LogP contribution in [-0.4, -0.2) is 30.9 Å². The molecule has 0 spiro atoms. The van der Waals surface area contributed by atoms with Crippen LogP contribution in [0.3, 0.4) is 0 Å². The molecule has 3 N–H and O–H groups in total. The molecule has 1 unspecified atom stereocenters.